The lowest BCUT2D eigenvalue weighted by Crippen LogP contribution is -2.15. The summed E-state index contributed by atoms with van der Waals surface area (Å²) in [5.74, 6) is -0.476. The number of carbonyl (C=O) groups excluding carboxylic acids is 1. The molecule has 8 nitrogen and oxygen atoms in total. The van der Waals surface area contributed by atoms with Crippen molar-refractivity contribution in [1.29, 1.82) is 0 Å². The minimum absolute atomic E-state index is 0.100. The molecule has 0 atom stereocenters. The van der Waals surface area contributed by atoms with Crippen LogP contribution in [0.1, 0.15) is 10.5 Å². The van der Waals surface area contributed by atoms with Gasteiger partial charge in [0.15, 0.2) is 17.2 Å². The molecule has 0 saturated heterocycles. The van der Waals surface area contributed by atoms with Crippen LogP contribution in [-0.4, -0.2) is 32.5 Å². The first kappa shape index (κ1) is 18.8. The number of H-pyrrole nitrogens is 1. The molecular formula is C19H13BrFN5O3. The maximum atomic E-state index is 13.3. The normalized spacial score (nSPS) is 11.0. The summed E-state index contributed by atoms with van der Waals surface area (Å²) in [7, 11) is 1.54. The molecule has 2 heterocycles. The molecule has 1 amide bonds. The predicted octanol–water partition coefficient (Wildman–Crippen LogP) is 2.78. The number of imidazole rings is 1. The summed E-state index contributed by atoms with van der Waals surface area (Å²) in [5.41, 5.74) is 5.98. The molecule has 3 N–H and O–H groups in total. The van der Waals surface area contributed by atoms with Gasteiger partial charge in [0, 0.05) is 5.56 Å². The molecule has 29 heavy (non-hydrogen) atoms. The van der Waals surface area contributed by atoms with Crippen molar-refractivity contribution in [2.45, 2.75) is 0 Å². The quantitative estimate of drug-likeness (QED) is 0.488. The first-order valence-corrected chi connectivity index (χ1v) is 9.10. The van der Waals surface area contributed by atoms with Crippen molar-refractivity contribution in [1.82, 2.24) is 19.5 Å². The topological polar surface area (TPSA) is 116 Å². The molecule has 0 spiro atoms. The molecule has 0 aliphatic rings. The fraction of sp³-hybridized carbons (Fsp3) is 0.0526. The average molecular weight is 458 g/mol. The lowest BCUT2D eigenvalue weighted by atomic mass is 10.2. The molecule has 0 bridgehead atoms. The molecule has 0 aliphatic heterocycles. The van der Waals surface area contributed by atoms with Gasteiger partial charge in [-0.05, 0) is 58.4 Å². The molecule has 146 valence electrons. The van der Waals surface area contributed by atoms with Crippen molar-refractivity contribution < 1.29 is 13.9 Å². The number of hydrogen-bond acceptors (Lipinski definition) is 5. The standard InChI is InChI=1S/C19H13BrFN5O3/c1-29-13-7-2-9(8-12(13)20)17-23-14(16(22)27)15-18(25-17)26(19(28)24-15)11-5-3-10(21)4-6-11/h2-8H,1H3,(H2,22,27)(H,24,28). The highest BCUT2D eigenvalue weighted by atomic mass is 79.9. The van der Waals surface area contributed by atoms with Crippen LogP contribution in [0, 0.1) is 5.82 Å². The third-order valence-corrected chi connectivity index (χ3v) is 4.88. The molecule has 0 radical (unpaired) electrons. The number of methoxy groups -OCH3 is 1. The summed E-state index contributed by atoms with van der Waals surface area (Å²) in [6, 6.07) is 10.4. The van der Waals surface area contributed by atoms with Crippen LogP contribution in [0.5, 0.6) is 5.75 Å². The number of aromatic nitrogens is 4. The van der Waals surface area contributed by atoms with Gasteiger partial charge in [-0.3, -0.25) is 4.79 Å². The zero-order chi connectivity index (χ0) is 20.7. The number of rotatable bonds is 4. The Kier molecular flexibility index (Phi) is 4.63. The van der Waals surface area contributed by atoms with Gasteiger partial charge in [0.2, 0.25) is 0 Å². The zero-order valence-electron chi connectivity index (χ0n) is 14.9. The molecule has 0 aliphatic carbocycles. The Morgan fingerprint density at radius 3 is 2.55 bits per heavy atom. The van der Waals surface area contributed by atoms with E-state index in [2.05, 4.69) is 30.9 Å². The van der Waals surface area contributed by atoms with E-state index < -0.39 is 17.4 Å². The number of amides is 1. The SMILES string of the molecule is COc1ccc(-c2nc(C(N)=O)c3[nH]c(=O)n(-c4ccc(F)cc4)c3n2)cc1Br. The number of fused-ring (bicyclic) bond motifs is 1. The molecule has 4 rings (SSSR count). The molecule has 10 heteroatoms. The highest BCUT2D eigenvalue weighted by Gasteiger charge is 2.20. The molecule has 2 aromatic heterocycles. The third-order valence-electron chi connectivity index (χ3n) is 4.26. The fourth-order valence-electron chi connectivity index (χ4n) is 2.93. The smallest absolute Gasteiger partial charge is 0.332 e. The number of hydrogen-bond donors (Lipinski definition) is 2. The number of carbonyl (C=O) groups is 1. The van der Waals surface area contributed by atoms with E-state index in [9.17, 15) is 14.0 Å². The Balaban J connectivity index is 2.01. The van der Waals surface area contributed by atoms with Gasteiger partial charge in [0.1, 0.15) is 17.1 Å². The van der Waals surface area contributed by atoms with Crippen LogP contribution in [0.15, 0.2) is 51.7 Å². The van der Waals surface area contributed by atoms with Crippen molar-refractivity contribution in [2.24, 2.45) is 5.73 Å². The second-order valence-electron chi connectivity index (χ2n) is 6.05. The second-order valence-corrected chi connectivity index (χ2v) is 6.90. The summed E-state index contributed by atoms with van der Waals surface area (Å²) >= 11 is 3.39. The maximum absolute atomic E-state index is 13.3. The molecule has 2 aromatic carbocycles. The minimum atomic E-state index is -0.821. The van der Waals surface area contributed by atoms with Crippen LogP contribution >= 0.6 is 15.9 Å². The van der Waals surface area contributed by atoms with Crippen LogP contribution in [0.3, 0.4) is 0 Å². The Labute approximate surface area is 171 Å². The van der Waals surface area contributed by atoms with Gasteiger partial charge < -0.3 is 15.5 Å². The highest BCUT2D eigenvalue weighted by Crippen LogP contribution is 2.30. The van der Waals surface area contributed by atoms with Crippen LogP contribution in [-0.2, 0) is 0 Å². The molecule has 0 unspecified atom stereocenters. The van der Waals surface area contributed by atoms with E-state index in [-0.39, 0.29) is 22.7 Å². The van der Waals surface area contributed by atoms with E-state index in [1.54, 1.807) is 18.2 Å². The molecule has 4 aromatic rings. The van der Waals surface area contributed by atoms with Crippen molar-refractivity contribution in [3.05, 3.63) is 68.9 Å². The Bertz CT molecular complexity index is 1310. The summed E-state index contributed by atoms with van der Waals surface area (Å²) in [5, 5.41) is 0. The molecular weight excluding hydrogens is 445 g/mol. The van der Waals surface area contributed by atoms with E-state index in [1.807, 2.05) is 0 Å². The van der Waals surface area contributed by atoms with E-state index in [4.69, 9.17) is 10.5 Å². The van der Waals surface area contributed by atoms with Crippen LogP contribution in [0.2, 0.25) is 0 Å². The van der Waals surface area contributed by atoms with E-state index in [1.165, 1.54) is 35.9 Å². The molecule has 0 fully saturated rings. The number of nitrogens with two attached hydrogens (primary N) is 1. The number of aromatic amines is 1. The minimum Gasteiger partial charge on any atom is -0.496 e. The number of halogens is 2. The Hall–Kier alpha value is -3.53. The van der Waals surface area contributed by atoms with Gasteiger partial charge in [0.05, 0.1) is 17.3 Å². The number of primary amides is 1. The lowest BCUT2D eigenvalue weighted by Gasteiger charge is -2.08. The predicted molar refractivity (Wildman–Crippen MR) is 108 cm³/mol. The Morgan fingerprint density at radius 1 is 1.21 bits per heavy atom. The van der Waals surface area contributed by atoms with Gasteiger partial charge in [0.25, 0.3) is 5.91 Å². The highest BCUT2D eigenvalue weighted by molar-refractivity contribution is 9.10. The fourth-order valence-corrected chi connectivity index (χ4v) is 3.47. The van der Waals surface area contributed by atoms with Crippen molar-refractivity contribution >= 4 is 33.0 Å². The van der Waals surface area contributed by atoms with Crippen LogP contribution < -0.4 is 16.2 Å². The van der Waals surface area contributed by atoms with E-state index in [0.717, 1.165) is 0 Å². The van der Waals surface area contributed by atoms with Gasteiger partial charge in [-0.1, -0.05) is 0 Å². The van der Waals surface area contributed by atoms with Crippen molar-refractivity contribution in [3.8, 4) is 22.8 Å². The largest absolute Gasteiger partial charge is 0.496 e. The number of ether oxygens (including phenoxy) is 1. The monoisotopic (exact) mass is 457 g/mol. The summed E-state index contributed by atoms with van der Waals surface area (Å²) < 4.78 is 20.4. The van der Waals surface area contributed by atoms with E-state index >= 15 is 0 Å². The van der Waals surface area contributed by atoms with Crippen molar-refractivity contribution in [3.63, 3.8) is 0 Å². The lowest BCUT2D eigenvalue weighted by molar-refractivity contribution is 0.0997. The van der Waals surface area contributed by atoms with E-state index in [0.29, 0.717) is 21.5 Å². The maximum Gasteiger partial charge on any atom is 0.332 e. The van der Waals surface area contributed by atoms with Gasteiger partial charge in [-0.15, -0.1) is 0 Å². The number of nitrogens with one attached hydrogen (secondary N) is 1. The first-order valence-electron chi connectivity index (χ1n) is 8.31. The first-order chi connectivity index (χ1) is 13.9. The second kappa shape index (κ2) is 7.13. The third kappa shape index (κ3) is 3.27. The summed E-state index contributed by atoms with van der Waals surface area (Å²) in [6.07, 6.45) is 0. The summed E-state index contributed by atoms with van der Waals surface area (Å²) in [4.78, 5) is 35.8. The van der Waals surface area contributed by atoms with Gasteiger partial charge in [-0.25, -0.2) is 23.7 Å². The summed E-state index contributed by atoms with van der Waals surface area (Å²) in [6.45, 7) is 0. The number of benzene rings is 2. The average Bonchev–Trinajstić information content (AvgIpc) is 3.03. The van der Waals surface area contributed by atoms with Gasteiger partial charge >= 0.3 is 5.69 Å². The Morgan fingerprint density at radius 2 is 1.93 bits per heavy atom. The zero-order valence-corrected chi connectivity index (χ0v) is 16.5. The number of nitrogens with zero attached hydrogens (tertiary/aromatic N) is 3. The van der Waals surface area contributed by atoms with Gasteiger partial charge in [-0.2, -0.15) is 0 Å². The van der Waals surface area contributed by atoms with Crippen molar-refractivity contribution in [2.75, 3.05) is 7.11 Å². The van der Waals surface area contributed by atoms with Crippen LogP contribution in [0.25, 0.3) is 28.2 Å². The molecule has 0 saturated carbocycles. The van der Waals surface area contributed by atoms with Crippen LogP contribution in [0.4, 0.5) is 4.39 Å².